The second-order valence-electron chi connectivity index (χ2n) is 4.59. The number of carbonyl (C=O) groups is 2. The molecule has 0 heterocycles. The van der Waals surface area contributed by atoms with Gasteiger partial charge in [-0.3, -0.25) is 4.79 Å². The Morgan fingerprint density at radius 2 is 1.90 bits per heavy atom. The van der Waals surface area contributed by atoms with Crippen LogP contribution in [-0.2, 0) is 4.79 Å². The summed E-state index contributed by atoms with van der Waals surface area (Å²) in [6, 6.07) is 13.5. The Bertz CT molecular complexity index is 714. The highest BCUT2D eigenvalue weighted by Gasteiger charge is 2.21. The minimum absolute atomic E-state index is 0.0762. The number of nitrogens with zero attached hydrogens (tertiary/aromatic N) is 1. The normalized spacial score (nSPS) is 11.6. The molecule has 5 nitrogen and oxygen atoms in total. The van der Waals surface area contributed by atoms with E-state index in [1.54, 1.807) is 12.1 Å². The number of fused-ring (bicyclic) bond motifs is 1. The van der Waals surface area contributed by atoms with Gasteiger partial charge in [-0.25, -0.2) is 4.79 Å². The van der Waals surface area contributed by atoms with Gasteiger partial charge in [0.1, 0.15) is 6.04 Å². The van der Waals surface area contributed by atoms with Crippen LogP contribution < -0.4 is 5.32 Å². The summed E-state index contributed by atoms with van der Waals surface area (Å²) in [5, 5.41) is 21.8. The Labute approximate surface area is 121 Å². The van der Waals surface area contributed by atoms with Crippen LogP contribution in [0.1, 0.15) is 23.2 Å². The van der Waals surface area contributed by atoms with Crippen molar-refractivity contribution < 1.29 is 14.7 Å². The summed E-state index contributed by atoms with van der Waals surface area (Å²) < 4.78 is 0. The average molecular weight is 282 g/mol. The summed E-state index contributed by atoms with van der Waals surface area (Å²) in [5.41, 5.74) is 0.427. The maximum atomic E-state index is 12.3. The van der Waals surface area contributed by atoms with E-state index in [9.17, 15) is 9.59 Å². The van der Waals surface area contributed by atoms with E-state index in [0.717, 1.165) is 10.8 Å². The molecular weight excluding hydrogens is 268 g/mol. The van der Waals surface area contributed by atoms with Gasteiger partial charge in [0.2, 0.25) is 0 Å². The summed E-state index contributed by atoms with van der Waals surface area (Å²) in [6.45, 7) is 0. The summed E-state index contributed by atoms with van der Waals surface area (Å²) >= 11 is 0. The van der Waals surface area contributed by atoms with Crippen molar-refractivity contribution in [3.63, 3.8) is 0 Å². The van der Waals surface area contributed by atoms with Crippen molar-refractivity contribution in [2.24, 2.45) is 0 Å². The Morgan fingerprint density at radius 1 is 1.19 bits per heavy atom. The highest BCUT2D eigenvalue weighted by molar-refractivity contribution is 6.07. The molecule has 21 heavy (non-hydrogen) atoms. The van der Waals surface area contributed by atoms with Crippen LogP contribution in [0.2, 0.25) is 0 Å². The zero-order valence-electron chi connectivity index (χ0n) is 11.2. The molecule has 0 saturated heterocycles. The molecule has 0 spiro atoms. The standard InChI is InChI=1S/C16H14N2O3/c17-10-4-9-14(16(20)21)18-15(19)13-8-3-6-11-5-1-2-7-12(11)13/h1-3,5-8,14H,4,9H2,(H,18,19)(H,20,21)/t14-/m1/s1. The van der Waals surface area contributed by atoms with Crippen molar-refractivity contribution in [3.05, 3.63) is 48.0 Å². The minimum atomic E-state index is -1.14. The molecule has 5 heteroatoms. The van der Waals surface area contributed by atoms with Crippen molar-refractivity contribution in [3.8, 4) is 6.07 Å². The van der Waals surface area contributed by atoms with Crippen LogP contribution in [0.25, 0.3) is 10.8 Å². The molecule has 0 aliphatic carbocycles. The number of nitrogens with one attached hydrogen (secondary N) is 1. The largest absolute Gasteiger partial charge is 0.480 e. The fourth-order valence-corrected chi connectivity index (χ4v) is 2.13. The Morgan fingerprint density at radius 3 is 2.62 bits per heavy atom. The second-order valence-corrected chi connectivity index (χ2v) is 4.59. The van der Waals surface area contributed by atoms with Gasteiger partial charge in [0.05, 0.1) is 6.07 Å². The molecular formula is C16H14N2O3. The van der Waals surface area contributed by atoms with Crippen LogP contribution in [0.4, 0.5) is 0 Å². The number of hydrogen-bond donors (Lipinski definition) is 2. The zero-order chi connectivity index (χ0) is 15.2. The third-order valence-corrected chi connectivity index (χ3v) is 3.18. The highest BCUT2D eigenvalue weighted by atomic mass is 16.4. The molecule has 2 aromatic carbocycles. The van der Waals surface area contributed by atoms with Crippen molar-refractivity contribution in [2.75, 3.05) is 0 Å². The molecule has 2 aromatic rings. The van der Waals surface area contributed by atoms with Crippen LogP contribution in [0.5, 0.6) is 0 Å². The van der Waals surface area contributed by atoms with E-state index in [4.69, 9.17) is 10.4 Å². The van der Waals surface area contributed by atoms with E-state index in [1.165, 1.54) is 0 Å². The molecule has 0 saturated carbocycles. The van der Waals surface area contributed by atoms with E-state index in [-0.39, 0.29) is 12.8 Å². The molecule has 0 aromatic heterocycles. The highest BCUT2D eigenvalue weighted by Crippen LogP contribution is 2.18. The summed E-state index contributed by atoms with van der Waals surface area (Å²) in [6.07, 6.45) is 0.162. The molecule has 2 rings (SSSR count). The van der Waals surface area contributed by atoms with E-state index in [0.29, 0.717) is 5.56 Å². The number of rotatable bonds is 5. The third kappa shape index (κ3) is 3.37. The lowest BCUT2D eigenvalue weighted by molar-refractivity contribution is -0.139. The average Bonchev–Trinajstić information content (AvgIpc) is 2.50. The van der Waals surface area contributed by atoms with Gasteiger partial charge < -0.3 is 10.4 Å². The first-order valence-electron chi connectivity index (χ1n) is 6.52. The van der Waals surface area contributed by atoms with Crippen molar-refractivity contribution >= 4 is 22.6 Å². The van der Waals surface area contributed by atoms with Gasteiger partial charge in [0.25, 0.3) is 5.91 Å². The van der Waals surface area contributed by atoms with Gasteiger partial charge in [-0.05, 0) is 23.3 Å². The number of carboxylic acid groups (broad SMARTS) is 1. The second kappa shape index (κ2) is 6.53. The molecule has 0 unspecified atom stereocenters. The number of carbonyl (C=O) groups excluding carboxylic acids is 1. The van der Waals surface area contributed by atoms with Gasteiger partial charge in [-0.15, -0.1) is 0 Å². The van der Waals surface area contributed by atoms with Gasteiger partial charge in [0, 0.05) is 12.0 Å². The number of amides is 1. The predicted octanol–water partition coefficient (Wildman–Crippen LogP) is 2.33. The smallest absolute Gasteiger partial charge is 0.326 e. The fraction of sp³-hybridized carbons (Fsp3) is 0.188. The molecule has 0 bridgehead atoms. The lowest BCUT2D eigenvalue weighted by Crippen LogP contribution is -2.40. The van der Waals surface area contributed by atoms with E-state index in [1.807, 2.05) is 36.4 Å². The van der Waals surface area contributed by atoms with Crippen LogP contribution in [0, 0.1) is 11.3 Å². The molecule has 2 N–H and O–H groups in total. The third-order valence-electron chi connectivity index (χ3n) is 3.18. The Balaban J connectivity index is 2.26. The van der Waals surface area contributed by atoms with Crippen LogP contribution in [0.15, 0.2) is 42.5 Å². The van der Waals surface area contributed by atoms with Crippen molar-refractivity contribution in [1.82, 2.24) is 5.32 Å². The minimum Gasteiger partial charge on any atom is -0.480 e. The van der Waals surface area contributed by atoms with Gasteiger partial charge in [-0.1, -0.05) is 36.4 Å². The number of carboxylic acids is 1. The first-order valence-corrected chi connectivity index (χ1v) is 6.52. The number of nitriles is 1. The zero-order valence-corrected chi connectivity index (χ0v) is 11.2. The van der Waals surface area contributed by atoms with Gasteiger partial charge >= 0.3 is 5.97 Å². The summed E-state index contributed by atoms with van der Waals surface area (Å²) in [4.78, 5) is 23.4. The lowest BCUT2D eigenvalue weighted by atomic mass is 10.0. The van der Waals surface area contributed by atoms with Crippen LogP contribution in [0.3, 0.4) is 0 Å². The molecule has 0 aliphatic heterocycles. The number of aliphatic carboxylic acids is 1. The predicted molar refractivity (Wildman–Crippen MR) is 77.7 cm³/mol. The number of benzene rings is 2. The SMILES string of the molecule is N#CCC[C@@H](NC(=O)c1cccc2ccccc12)C(=O)O. The molecule has 0 aliphatic rings. The summed E-state index contributed by atoms with van der Waals surface area (Å²) in [5.74, 6) is -1.59. The maximum absolute atomic E-state index is 12.3. The summed E-state index contributed by atoms with van der Waals surface area (Å²) in [7, 11) is 0. The quantitative estimate of drug-likeness (QED) is 0.880. The Hall–Kier alpha value is -2.87. The van der Waals surface area contributed by atoms with Gasteiger partial charge in [0.15, 0.2) is 0 Å². The topological polar surface area (TPSA) is 90.2 Å². The van der Waals surface area contributed by atoms with Gasteiger partial charge in [-0.2, -0.15) is 5.26 Å². The first-order chi connectivity index (χ1) is 10.1. The maximum Gasteiger partial charge on any atom is 0.326 e. The van der Waals surface area contributed by atoms with Crippen LogP contribution >= 0.6 is 0 Å². The molecule has 0 radical (unpaired) electrons. The molecule has 1 amide bonds. The monoisotopic (exact) mass is 282 g/mol. The number of hydrogen-bond acceptors (Lipinski definition) is 3. The first kappa shape index (κ1) is 14.5. The lowest BCUT2D eigenvalue weighted by Gasteiger charge is -2.14. The van der Waals surface area contributed by atoms with Crippen molar-refractivity contribution in [2.45, 2.75) is 18.9 Å². The van der Waals surface area contributed by atoms with Crippen molar-refractivity contribution in [1.29, 1.82) is 5.26 Å². The van der Waals surface area contributed by atoms with E-state index < -0.39 is 17.9 Å². The van der Waals surface area contributed by atoms with Crippen LogP contribution in [-0.4, -0.2) is 23.0 Å². The molecule has 1 atom stereocenters. The van der Waals surface area contributed by atoms with E-state index in [2.05, 4.69) is 5.32 Å². The fourth-order valence-electron chi connectivity index (χ4n) is 2.13. The Kier molecular flexibility index (Phi) is 4.52. The molecule has 0 fully saturated rings. The molecule has 106 valence electrons. The van der Waals surface area contributed by atoms with E-state index >= 15 is 0 Å².